The van der Waals surface area contributed by atoms with Crippen molar-refractivity contribution in [2.75, 3.05) is 24.9 Å². The third-order valence-electron chi connectivity index (χ3n) is 9.28. The van der Waals surface area contributed by atoms with Crippen LogP contribution < -0.4 is 21.3 Å². The van der Waals surface area contributed by atoms with Gasteiger partial charge in [0.05, 0.1) is 11.9 Å². The fourth-order valence-corrected chi connectivity index (χ4v) is 8.38. The molecule has 4 rings (SSSR count). The van der Waals surface area contributed by atoms with Gasteiger partial charge in [0.1, 0.15) is 29.4 Å². The topological polar surface area (TPSA) is 152 Å². The first-order valence-electron chi connectivity index (χ1n) is 19.7. The highest BCUT2D eigenvalue weighted by molar-refractivity contribution is 8.00. The van der Waals surface area contributed by atoms with Crippen LogP contribution in [0, 0.1) is 5.92 Å². The molecule has 0 saturated carbocycles. The van der Waals surface area contributed by atoms with Gasteiger partial charge in [-0.25, -0.2) is 9.59 Å². The number of thioether (sulfide) groups is 2. The Hall–Kier alpha value is -5.53. The van der Waals surface area contributed by atoms with Crippen LogP contribution in [0.15, 0.2) is 127 Å². The molecule has 4 aromatic rings. The van der Waals surface area contributed by atoms with Gasteiger partial charge in [0, 0.05) is 5.75 Å². The van der Waals surface area contributed by atoms with Crippen molar-refractivity contribution in [2.45, 2.75) is 69.5 Å². The van der Waals surface area contributed by atoms with Gasteiger partial charge < -0.3 is 30.7 Å². The Kier molecular flexibility index (Phi) is 17.9. The van der Waals surface area contributed by atoms with Crippen LogP contribution in [-0.2, 0) is 33.4 Å². The Balaban J connectivity index is 1.70. The van der Waals surface area contributed by atoms with Gasteiger partial charge in [-0.05, 0) is 73.4 Å². The summed E-state index contributed by atoms with van der Waals surface area (Å²) < 4.78 is 9.73. The van der Waals surface area contributed by atoms with Gasteiger partial charge in [-0.3, -0.25) is 14.4 Å². The fourth-order valence-electron chi connectivity index (χ4n) is 6.35. The van der Waals surface area contributed by atoms with Crippen molar-refractivity contribution in [1.82, 2.24) is 21.3 Å². The Morgan fingerprint density at radius 1 is 0.683 bits per heavy atom. The number of amides is 4. The minimum atomic E-state index is -1.19. The van der Waals surface area contributed by atoms with Crippen LogP contribution in [0.1, 0.15) is 63.3 Å². The first-order chi connectivity index (χ1) is 28.7. The zero-order chi connectivity index (χ0) is 43.7. The maximum Gasteiger partial charge on any atom is 0.408 e. The summed E-state index contributed by atoms with van der Waals surface area (Å²) in [7, 11) is 1.24. The van der Waals surface area contributed by atoms with Crippen molar-refractivity contribution >= 4 is 59.4 Å². The molecule has 13 heteroatoms. The SMILES string of the molecule is COC(=O)[C@H](CCSC)NC(=O)/C(=C/c1ccccc1)NC(=O)[C@@H](NC(=O)[C@H](CSC(c1ccccc1)(c1ccccc1)c1ccccc1)NC(=O)OC(C)(C)C)C(C)C. The van der Waals surface area contributed by atoms with Crippen LogP contribution in [0.5, 0.6) is 0 Å². The van der Waals surface area contributed by atoms with Crippen LogP contribution in [0.4, 0.5) is 4.79 Å². The molecule has 0 aliphatic carbocycles. The molecule has 0 aromatic heterocycles. The highest BCUT2D eigenvalue weighted by Gasteiger charge is 2.40. The van der Waals surface area contributed by atoms with E-state index in [4.69, 9.17) is 9.47 Å². The molecule has 3 atom stereocenters. The molecule has 11 nitrogen and oxygen atoms in total. The molecule has 4 aromatic carbocycles. The highest BCUT2D eigenvalue weighted by atomic mass is 32.2. The lowest BCUT2D eigenvalue weighted by Gasteiger charge is -2.36. The number of methoxy groups -OCH3 is 1. The summed E-state index contributed by atoms with van der Waals surface area (Å²) in [5.74, 6) is -2.47. The van der Waals surface area contributed by atoms with Crippen LogP contribution in [0.25, 0.3) is 6.08 Å². The van der Waals surface area contributed by atoms with Gasteiger partial charge in [-0.2, -0.15) is 11.8 Å². The van der Waals surface area contributed by atoms with Crippen LogP contribution in [0.3, 0.4) is 0 Å². The largest absolute Gasteiger partial charge is 0.467 e. The second-order valence-electron chi connectivity index (χ2n) is 15.3. The number of ether oxygens (including phenoxy) is 2. The van der Waals surface area contributed by atoms with Gasteiger partial charge in [-0.1, -0.05) is 135 Å². The fraction of sp³-hybridized carbons (Fsp3) is 0.340. The van der Waals surface area contributed by atoms with E-state index in [1.807, 2.05) is 103 Å². The summed E-state index contributed by atoms with van der Waals surface area (Å²) in [5, 5.41) is 11.1. The van der Waals surface area contributed by atoms with Crippen LogP contribution in [-0.4, -0.2) is 78.4 Å². The number of hydrogen-bond donors (Lipinski definition) is 4. The molecular formula is C47H56N4O7S2. The normalized spacial score (nSPS) is 13.3. The highest BCUT2D eigenvalue weighted by Crippen LogP contribution is 2.48. The number of carbonyl (C=O) groups is 5. The summed E-state index contributed by atoms with van der Waals surface area (Å²) in [5.41, 5.74) is 2.50. The number of esters is 1. The molecule has 0 saturated heterocycles. The van der Waals surface area contributed by atoms with E-state index in [-0.39, 0.29) is 11.4 Å². The zero-order valence-corrected chi connectivity index (χ0v) is 36.9. The van der Waals surface area contributed by atoms with Crippen molar-refractivity contribution in [2.24, 2.45) is 5.92 Å². The zero-order valence-electron chi connectivity index (χ0n) is 35.2. The summed E-state index contributed by atoms with van der Waals surface area (Å²) in [6.07, 6.45) is 2.89. The summed E-state index contributed by atoms with van der Waals surface area (Å²) in [6.45, 7) is 8.71. The second kappa shape index (κ2) is 22.7. The summed E-state index contributed by atoms with van der Waals surface area (Å²) >= 11 is 2.98. The summed E-state index contributed by atoms with van der Waals surface area (Å²) in [6, 6.07) is 35.4. The van der Waals surface area contributed by atoms with E-state index in [2.05, 4.69) is 21.3 Å². The van der Waals surface area contributed by atoms with E-state index < -0.39 is 64.2 Å². The van der Waals surface area contributed by atoms with Gasteiger partial charge in [0.15, 0.2) is 0 Å². The van der Waals surface area contributed by atoms with Crippen molar-refractivity contribution in [3.05, 3.63) is 149 Å². The Bertz CT molecular complexity index is 1950. The molecule has 0 aliphatic rings. The molecule has 0 aliphatic heterocycles. The van der Waals surface area contributed by atoms with Crippen molar-refractivity contribution in [3.8, 4) is 0 Å². The van der Waals surface area contributed by atoms with Crippen molar-refractivity contribution in [3.63, 3.8) is 0 Å². The molecule has 4 N–H and O–H groups in total. The van der Waals surface area contributed by atoms with Crippen molar-refractivity contribution in [1.29, 1.82) is 0 Å². The number of rotatable bonds is 19. The molecule has 0 heterocycles. The maximum absolute atomic E-state index is 14.5. The van der Waals surface area contributed by atoms with Gasteiger partial charge >= 0.3 is 12.1 Å². The predicted molar refractivity (Wildman–Crippen MR) is 241 cm³/mol. The lowest BCUT2D eigenvalue weighted by Crippen LogP contribution is -2.57. The Labute approximate surface area is 362 Å². The van der Waals surface area contributed by atoms with Gasteiger partial charge in [0.25, 0.3) is 5.91 Å². The summed E-state index contributed by atoms with van der Waals surface area (Å²) in [4.78, 5) is 68.6. The third kappa shape index (κ3) is 13.5. The van der Waals surface area contributed by atoms with E-state index in [1.54, 1.807) is 58.9 Å². The molecule has 0 bridgehead atoms. The number of carbonyl (C=O) groups excluding carboxylic acids is 5. The molecular weight excluding hydrogens is 797 g/mol. The van der Waals surface area contributed by atoms with Gasteiger partial charge in [-0.15, -0.1) is 11.8 Å². The maximum atomic E-state index is 14.5. The lowest BCUT2D eigenvalue weighted by atomic mass is 9.84. The minimum Gasteiger partial charge on any atom is -0.467 e. The molecule has 0 spiro atoms. The third-order valence-corrected chi connectivity index (χ3v) is 11.6. The van der Waals surface area contributed by atoms with Crippen LogP contribution in [0.2, 0.25) is 0 Å². The number of alkyl carbamates (subject to hydrolysis) is 1. The predicted octanol–water partition coefficient (Wildman–Crippen LogP) is 7.31. The van der Waals surface area contributed by atoms with E-state index in [0.717, 1.165) is 16.7 Å². The molecule has 60 heavy (non-hydrogen) atoms. The lowest BCUT2D eigenvalue weighted by molar-refractivity contribution is -0.144. The number of benzene rings is 4. The first-order valence-corrected chi connectivity index (χ1v) is 22.1. The average molecular weight is 853 g/mol. The first kappa shape index (κ1) is 47.2. The average Bonchev–Trinajstić information content (AvgIpc) is 3.24. The molecule has 0 fully saturated rings. The van der Waals surface area contributed by atoms with E-state index >= 15 is 0 Å². The van der Waals surface area contributed by atoms with Crippen LogP contribution >= 0.6 is 23.5 Å². The number of hydrogen-bond acceptors (Lipinski definition) is 9. The standard InChI is InChI=1S/C47H56N4O7S2/c1-32(2)40(43(54)49-38(30-33-20-12-8-13-21-33)41(52)48-37(28-29-59-7)44(55)57-6)51-42(53)39(50-45(56)58-46(3,4)5)31-60-47(34-22-14-9-15-23-34,35-24-16-10-17-25-35)36-26-18-11-19-27-36/h8-27,30,32,37,39-40H,28-29,31H2,1-7H3,(H,48,52)(H,49,54)(H,50,56)(H,51,53)/b38-30-/t37-,39-,40-/m0/s1. The van der Waals surface area contributed by atoms with Crippen molar-refractivity contribution < 1.29 is 33.4 Å². The number of nitrogens with one attached hydrogen (secondary N) is 4. The van der Waals surface area contributed by atoms with Gasteiger partial charge in [0.2, 0.25) is 11.8 Å². The second-order valence-corrected chi connectivity index (χ2v) is 17.5. The molecule has 0 unspecified atom stereocenters. The monoisotopic (exact) mass is 852 g/mol. The quantitative estimate of drug-likeness (QED) is 0.0433. The molecule has 0 radical (unpaired) electrons. The van der Waals surface area contributed by atoms with E-state index in [1.165, 1.54) is 36.7 Å². The molecule has 318 valence electrons. The van der Waals surface area contributed by atoms with E-state index in [9.17, 15) is 24.0 Å². The Morgan fingerprint density at radius 3 is 1.63 bits per heavy atom. The smallest absolute Gasteiger partial charge is 0.408 e. The van der Waals surface area contributed by atoms with E-state index in [0.29, 0.717) is 17.7 Å². The molecule has 4 amide bonds. The Morgan fingerprint density at radius 2 is 1.18 bits per heavy atom. The minimum absolute atomic E-state index is 0.0583.